The average molecular weight is 534 g/mol. The van der Waals surface area contributed by atoms with Gasteiger partial charge in [-0.1, -0.05) is 37.1 Å². The van der Waals surface area contributed by atoms with E-state index in [4.69, 9.17) is 26.1 Å². The molecule has 1 aromatic heterocycles. The quantitative estimate of drug-likeness (QED) is 0.229. The van der Waals surface area contributed by atoms with Crippen LogP contribution in [0, 0.1) is 0 Å². The fourth-order valence-electron chi connectivity index (χ4n) is 4.30. The lowest BCUT2D eigenvalue weighted by Crippen LogP contribution is -2.40. The van der Waals surface area contributed by atoms with Crippen molar-refractivity contribution in [2.75, 3.05) is 19.8 Å². The van der Waals surface area contributed by atoms with Crippen LogP contribution in [0.2, 0.25) is 5.02 Å². The number of fused-ring (bicyclic) bond motifs is 1. The van der Waals surface area contributed by atoms with Crippen molar-refractivity contribution >= 4 is 28.4 Å². The number of hydrogen-bond acceptors (Lipinski definition) is 5. The Labute approximate surface area is 227 Å². The van der Waals surface area contributed by atoms with Gasteiger partial charge in [0.25, 0.3) is 11.5 Å². The summed E-state index contributed by atoms with van der Waals surface area (Å²) in [5.74, 6) is 1.56. The molecule has 4 rings (SSSR count). The third-order valence-electron chi connectivity index (χ3n) is 6.30. The van der Waals surface area contributed by atoms with Gasteiger partial charge in [-0.25, -0.2) is 4.98 Å². The summed E-state index contributed by atoms with van der Waals surface area (Å²) in [7, 11) is 0. The SMILES string of the molecule is CCCCN(C(=O)COc1ccc(Cl)cc1)C(C)c1nc2ccccc2c(=O)n1-c1ccc(OCC)cc1. The van der Waals surface area contributed by atoms with Crippen LogP contribution in [-0.2, 0) is 4.79 Å². The maximum Gasteiger partial charge on any atom is 0.266 e. The second-order valence-electron chi connectivity index (χ2n) is 8.91. The summed E-state index contributed by atoms with van der Waals surface area (Å²) >= 11 is 5.96. The van der Waals surface area contributed by atoms with Crippen molar-refractivity contribution in [2.24, 2.45) is 0 Å². The third-order valence-corrected chi connectivity index (χ3v) is 6.55. The van der Waals surface area contributed by atoms with Crippen LogP contribution in [0.3, 0.4) is 0 Å². The number of unbranched alkanes of at least 4 members (excludes halogenated alkanes) is 1. The summed E-state index contributed by atoms with van der Waals surface area (Å²) in [6.45, 7) is 6.80. The third kappa shape index (κ3) is 6.17. The molecule has 4 aromatic rings. The molecular formula is C30H32ClN3O4. The number of benzene rings is 3. The van der Waals surface area contributed by atoms with Crippen LogP contribution in [0.5, 0.6) is 11.5 Å². The summed E-state index contributed by atoms with van der Waals surface area (Å²) in [6, 6.07) is 21.0. The number of para-hydroxylation sites is 1. The number of nitrogens with zero attached hydrogens (tertiary/aromatic N) is 3. The van der Waals surface area contributed by atoms with E-state index in [1.165, 1.54) is 0 Å². The molecule has 0 bridgehead atoms. The Morgan fingerprint density at radius 3 is 2.32 bits per heavy atom. The minimum absolute atomic E-state index is 0.142. The lowest BCUT2D eigenvalue weighted by atomic mass is 10.1. The van der Waals surface area contributed by atoms with Gasteiger partial charge in [0.05, 0.1) is 29.2 Å². The normalized spacial score (nSPS) is 11.8. The Hall–Kier alpha value is -3.84. The Morgan fingerprint density at radius 1 is 0.974 bits per heavy atom. The number of rotatable bonds is 11. The van der Waals surface area contributed by atoms with Gasteiger partial charge in [-0.2, -0.15) is 0 Å². The van der Waals surface area contributed by atoms with Crippen LogP contribution in [0.25, 0.3) is 16.6 Å². The lowest BCUT2D eigenvalue weighted by molar-refractivity contribution is -0.135. The zero-order chi connectivity index (χ0) is 27.1. The molecule has 0 aliphatic carbocycles. The van der Waals surface area contributed by atoms with E-state index in [-0.39, 0.29) is 18.1 Å². The zero-order valence-electron chi connectivity index (χ0n) is 21.9. The molecule has 0 fully saturated rings. The van der Waals surface area contributed by atoms with E-state index in [0.717, 1.165) is 12.8 Å². The standard InChI is InChI=1S/C30H32ClN3O4/c1-4-6-19-33(28(35)20-38-25-15-11-22(31)12-16-25)21(3)29-32-27-10-8-7-9-26(27)30(36)34(29)23-13-17-24(18-14-23)37-5-2/h7-18,21H,4-6,19-20H2,1-3H3. The highest BCUT2D eigenvalue weighted by atomic mass is 35.5. The summed E-state index contributed by atoms with van der Waals surface area (Å²) in [6.07, 6.45) is 1.71. The van der Waals surface area contributed by atoms with Crippen LogP contribution in [0.1, 0.15) is 45.5 Å². The van der Waals surface area contributed by atoms with Crippen molar-refractivity contribution < 1.29 is 14.3 Å². The smallest absolute Gasteiger partial charge is 0.266 e. The number of carbonyl (C=O) groups excluding carboxylic acids is 1. The molecule has 0 aliphatic heterocycles. The minimum atomic E-state index is -0.494. The van der Waals surface area contributed by atoms with E-state index in [1.807, 2.05) is 56.3 Å². The molecule has 0 aliphatic rings. The highest BCUT2D eigenvalue weighted by Crippen LogP contribution is 2.25. The molecule has 1 heterocycles. The van der Waals surface area contributed by atoms with Crippen LogP contribution < -0.4 is 15.0 Å². The van der Waals surface area contributed by atoms with Gasteiger partial charge in [0.2, 0.25) is 0 Å². The topological polar surface area (TPSA) is 73.7 Å². The molecule has 0 radical (unpaired) electrons. The molecule has 8 heteroatoms. The van der Waals surface area contributed by atoms with Gasteiger partial charge in [0.15, 0.2) is 6.61 Å². The Bertz CT molecular complexity index is 1440. The highest BCUT2D eigenvalue weighted by Gasteiger charge is 2.27. The molecule has 1 unspecified atom stereocenters. The van der Waals surface area contributed by atoms with Gasteiger partial charge >= 0.3 is 0 Å². The van der Waals surface area contributed by atoms with Gasteiger partial charge in [-0.3, -0.25) is 14.2 Å². The maximum atomic E-state index is 13.8. The molecule has 1 amide bonds. The number of hydrogen-bond donors (Lipinski definition) is 0. The Morgan fingerprint density at radius 2 is 1.63 bits per heavy atom. The van der Waals surface area contributed by atoms with E-state index >= 15 is 0 Å². The van der Waals surface area contributed by atoms with Crippen LogP contribution >= 0.6 is 11.6 Å². The number of ether oxygens (including phenoxy) is 2. The largest absolute Gasteiger partial charge is 0.494 e. The Balaban J connectivity index is 1.74. The Kier molecular flexibility index (Phi) is 9.02. The molecule has 0 N–H and O–H groups in total. The number of aromatic nitrogens is 2. The van der Waals surface area contributed by atoms with E-state index in [1.54, 1.807) is 39.8 Å². The number of amides is 1. The summed E-state index contributed by atoms with van der Waals surface area (Å²) in [5.41, 5.74) is 1.04. The van der Waals surface area contributed by atoms with E-state index in [0.29, 0.717) is 52.1 Å². The zero-order valence-corrected chi connectivity index (χ0v) is 22.6. The number of carbonyl (C=O) groups is 1. The van der Waals surface area contributed by atoms with E-state index < -0.39 is 6.04 Å². The van der Waals surface area contributed by atoms with Crippen molar-refractivity contribution in [3.8, 4) is 17.2 Å². The summed E-state index contributed by atoms with van der Waals surface area (Å²) < 4.78 is 12.9. The van der Waals surface area contributed by atoms with Crippen molar-refractivity contribution in [1.82, 2.24) is 14.5 Å². The van der Waals surface area contributed by atoms with Gasteiger partial charge in [0.1, 0.15) is 17.3 Å². The average Bonchev–Trinajstić information content (AvgIpc) is 2.93. The van der Waals surface area contributed by atoms with Gasteiger partial charge < -0.3 is 14.4 Å². The fraction of sp³-hybridized carbons (Fsp3) is 0.300. The highest BCUT2D eigenvalue weighted by molar-refractivity contribution is 6.30. The molecule has 38 heavy (non-hydrogen) atoms. The minimum Gasteiger partial charge on any atom is -0.494 e. The second kappa shape index (κ2) is 12.6. The fourth-order valence-corrected chi connectivity index (χ4v) is 4.42. The van der Waals surface area contributed by atoms with E-state index in [2.05, 4.69) is 6.92 Å². The second-order valence-corrected chi connectivity index (χ2v) is 9.35. The lowest BCUT2D eigenvalue weighted by Gasteiger charge is -2.30. The first-order chi connectivity index (χ1) is 18.4. The number of halogens is 1. The predicted molar refractivity (Wildman–Crippen MR) is 150 cm³/mol. The van der Waals surface area contributed by atoms with Crippen molar-refractivity contribution in [3.63, 3.8) is 0 Å². The monoisotopic (exact) mass is 533 g/mol. The molecule has 0 spiro atoms. The van der Waals surface area contributed by atoms with Crippen molar-refractivity contribution in [2.45, 2.75) is 39.7 Å². The molecule has 198 valence electrons. The molecule has 3 aromatic carbocycles. The van der Waals surface area contributed by atoms with Gasteiger partial charge in [0, 0.05) is 11.6 Å². The molecular weight excluding hydrogens is 502 g/mol. The van der Waals surface area contributed by atoms with Crippen LogP contribution in [-0.4, -0.2) is 40.1 Å². The first kappa shape index (κ1) is 27.2. The van der Waals surface area contributed by atoms with Crippen LogP contribution in [0.15, 0.2) is 77.6 Å². The molecule has 0 saturated carbocycles. The predicted octanol–water partition coefficient (Wildman–Crippen LogP) is 6.21. The summed E-state index contributed by atoms with van der Waals surface area (Å²) in [4.78, 5) is 33.9. The first-order valence-electron chi connectivity index (χ1n) is 12.9. The van der Waals surface area contributed by atoms with Gasteiger partial charge in [-0.05, 0) is 80.9 Å². The van der Waals surface area contributed by atoms with Crippen molar-refractivity contribution in [3.05, 3.63) is 94.0 Å². The molecule has 1 atom stereocenters. The first-order valence-corrected chi connectivity index (χ1v) is 13.2. The molecule has 7 nitrogen and oxygen atoms in total. The molecule has 0 saturated heterocycles. The van der Waals surface area contributed by atoms with Crippen molar-refractivity contribution in [1.29, 1.82) is 0 Å². The van der Waals surface area contributed by atoms with Gasteiger partial charge in [-0.15, -0.1) is 0 Å². The maximum absolute atomic E-state index is 13.8. The summed E-state index contributed by atoms with van der Waals surface area (Å²) in [5, 5.41) is 1.10. The van der Waals surface area contributed by atoms with E-state index in [9.17, 15) is 9.59 Å². The van der Waals surface area contributed by atoms with Crippen LogP contribution in [0.4, 0.5) is 0 Å².